The van der Waals surface area contributed by atoms with Gasteiger partial charge in [-0.15, -0.1) is 24.0 Å². The van der Waals surface area contributed by atoms with E-state index in [1.165, 1.54) is 0 Å². The highest BCUT2D eigenvalue weighted by Crippen LogP contribution is 2.13. The van der Waals surface area contributed by atoms with E-state index in [9.17, 15) is 0 Å². The first-order valence-corrected chi connectivity index (χ1v) is 11.2. The summed E-state index contributed by atoms with van der Waals surface area (Å²) in [5.74, 6) is 2.91. The maximum absolute atomic E-state index is 4.50. The highest BCUT2D eigenvalue weighted by atomic mass is 127. The second-order valence-corrected chi connectivity index (χ2v) is 7.87. The summed E-state index contributed by atoms with van der Waals surface area (Å²) in [6.07, 6.45) is 6.59. The Kier molecular flexibility index (Phi) is 9.72. The Labute approximate surface area is 208 Å². The van der Waals surface area contributed by atoms with Crippen LogP contribution in [0.1, 0.15) is 6.42 Å². The van der Waals surface area contributed by atoms with Crippen LogP contribution in [0, 0.1) is 0 Å². The van der Waals surface area contributed by atoms with Crippen molar-refractivity contribution in [3.8, 4) is 0 Å². The lowest BCUT2D eigenvalue weighted by atomic mass is 10.3. The zero-order valence-electron chi connectivity index (χ0n) is 18.8. The summed E-state index contributed by atoms with van der Waals surface area (Å²) in [5, 5.41) is 3.55. The SMILES string of the molecule is CN=C(NCCCN1CCN(c2ncccn2)CC1)N1CCN(c2ccccn2)CC1.I. The first-order valence-electron chi connectivity index (χ1n) is 11.2. The molecule has 2 fully saturated rings. The van der Waals surface area contributed by atoms with Gasteiger partial charge >= 0.3 is 0 Å². The van der Waals surface area contributed by atoms with E-state index in [2.05, 4.69) is 50.9 Å². The molecule has 2 aromatic heterocycles. The average molecular weight is 551 g/mol. The normalized spacial score (nSPS) is 17.8. The van der Waals surface area contributed by atoms with Crippen LogP contribution in [0.2, 0.25) is 0 Å². The first-order chi connectivity index (χ1) is 15.3. The standard InChI is InChI=1S/C22H33N9.HI/c1-23-21(30-18-16-29(17-19-30)20-6-2-3-7-24-20)25-10-5-11-28-12-14-31(15-13-28)22-26-8-4-9-27-22;/h2-4,6-9H,5,10-19H2,1H3,(H,23,25);1H. The van der Waals surface area contributed by atoms with E-state index in [0.29, 0.717) is 0 Å². The number of aromatic nitrogens is 3. The van der Waals surface area contributed by atoms with Gasteiger partial charge in [0.05, 0.1) is 0 Å². The summed E-state index contributed by atoms with van der Waals surface area (Å²) in [7, 11) is 1.87. The van der Waals surface area contributed by atoms with Crippen LogP contribution in [0.3, 0.4) is 0 Å². The molecule has 0 spiro atoms. The van der Waals surface area contributed by atoms with Gasteiger partial charge in [-0.25, -0.2) is 15.0 Å². The fourth-order valence-electron chi connectivity index (χ4n) is 4.15. The molecule has 9 nitrogen and oxygen atoms in total. The van der Waals surface area contributed by atoms with Crippen LogP contribution in [-0.4, -0.2) is 103 Å². The number of hydrogen-bond acceptors (Lipinski definition) is 7. The molecule has 2 aliphatic heterocycles. The van der Waals surface area contributed by atoms with Gasteiger partial charge in [0.1, 0.15) is 5.82 Å². The highest BCUT2D eigenvalue weighted by Gasteiger charge is 2.21. The maximum Gasteiger partial charge on any atom is 0.225 e. The Balaban J connectivity index is 0.00000289. The topological polar surface area (TPSA) is 76.0 Å². The Bertz CT molecular complexity index is 805. The van der Waals surface area contributed by atoms with E-state index < -0.39 is 0 Å². The summed E-state index contributed by atoms with van der Waals surface area (Å²) < 4.78 is 0. The summed E-state index contributed by atoms with van der Waals surface area (Å²) in [4.78, 5) is 27.2. The highest BCUT2D eigenvalue weighted by molar-refractivity contribution is 14.0. The molecule has 1 N–H and O–H groups in total. The van der Waals surface area contributed by atoms with Gasteiger partial charge in [0.15, 0.2) is 5.96 Å². The van der Waals surface area contributed by atoms with Crippen LogP contribution < -0.4 is 15.1 Å². The van der Waals surface area contributed by atoms with E-state index in [1.807, 2.05) is 43.8 Å². The van der Waals surface area contributed by atoms with Crippen LogP contribution in [0.4, 0.5) is 11.8 Å². The molecule has 4 heterocycles. The zero-order chi connectivity index (χ0) is 21.3. The Morgan fingerprint density at radius 1 is 0.875 bits per heavy atom. The fraction of sp³-hybridized carbons (Fsp3) is 0.545. The lowest BCUT2D eigenvalue weighted by Gasteiger charge is -2.37. The van der Waals surface area contributed by atoms with Gasteiger partial charge in [-0.05, 0) is 31.2 Å². The third-order valence-corrected chi connectivity index (χ3v) is 5.91. The molecular weight excluding hydrogens is 517 g/mol. The van der Waals surface area contributed by atoms with E-state index in [0.717, 1.165) is 89.6 Å². The lowest BCUT2D eigenvalue weighted by molar-refractivity contribution is 0.253. The monoisotopic (exact) mass is 551 g/mol. The van der Waals surface area contributed by atoms with Crippen molar-refractivity contribution >= 4 is 41.7 Å². The van der Waals surface area contributed by atoms with Gasteiger partial charge in [-0.3, -0.25) is 9.89 Å². The van der Waals surface area contributed by atoms with Crippen LogP contribution in [-0.2, 0) is 0 Å². The van der Waals surface area contributed by atoms with E-state index in [4.69, 9.17) is 0 Å². The lowest BCUT2D eigenvalue weighted by Crippen LogP contribution is -2.53. The van der Waals surface area contributed by atoms with Gasteiger partial charge in [-0.2, -0.15) is 0 Å². The predicted octanol–water partition coefficient (Wildman–Crippen LogP) is 1.40. The molecule has 4 rings (SSSR count). The zero-order valence-corrected chi connectivity index (χ0v) is 21.1. The van der Waals surface area contributed by atoms with Crippen molar-refractivity contribution in [1.82, 2.24) is 30.1 Å². The number of piperazine rings is 2. The molecule has 0 radical (unpaired) electrons. The largest absolute Gasteiger partial charge is 0.356 e. The molecule has 0 saturated carbocycles. The average Bonchev–Trinajstić information content (AvgIpc) is 2.86. The number of rotatable bonds is 6. The maximum atomic E-state index is 4.50. The van der Waals surface area contributed by atoms with Crippen molar-refractivity contribution in [1.29, 1.82) is 0 Å². The Morgan fingerprint density at radius 2 is 1.56 bits per heavy atom. The van der Waals surface area contributed by atoms with Crippen molar-refractivity contribution in [2.75, 3.05) is 82.3 Å². The minimum atomic E-state index is 0. The molecule has 0 atom stereocenters. The van der Waals surface area contributed by atoms with Gasteiger partial charge in [0.2, 0.25) is 5.95 Å². The molecule has 32 heavy (non-hydrogen) atoms. The summed E-state index contributed by atoms with van der Waals surface area (Å²) in [6, 6.07) is 7.95. The predicted molar refractivity (Wildman–Crippen MR) is 140 cm³/mol. The molecule has 0 amide bonds. The number of aliphatic imine (C=N–C) groups is 1. The van der Waals surface area contributed by atoms with Crippen molar-refractivity contribution < 1.29 is 0 Å². The van der Waals surface area contributed by atoms with Crippen molar-refractivity contribution in [2.24, 2.45) is 4.99 Å². The number of nitrogens with one attached hydrogen (secondary N) is 1. The molecular formula is C22H34IN9. The molecule has 2 aromatic rings. The molecule has 174 valence electrons. The Hall–Kier alpha value is -2.21. The van der Waals surface area contributed by atoms with Crippen molar-refractivity contribution in [3.63, 3.8) is 0 Å². The molecule has 0 bridgehead atoms. The van der Waals surface area contributed by atoms with E-state index in [1.54, 1.807) is 0 Å². The fourth-order valence-corrected chi connectivity index (χ4v) is 4.15. The Morgan fingerprint density at radius 3 is 2.22 bits per heavy atom. The van der Waals surface area contributed by atoms with E-state index >= 15 is 0 Å². The summed E-state index contributed by atoms with van der Waals surface area (Å²) in [5.41, 5.74) is 0. The molecule has 10 heteroatoms. The van der Waals surface area contributed by atoms with Crippen LogP contribution in [0.15, 0.2) is 47.8 Å². The summed E-state index contributed by atoms with van der Waals surface area (Å²) >= 11 is 0. The number of hydrogen-bond donors (Lipinski definition) is 1. The number of anilines is 2. The first kappa shape index (κ1) is 24.4. The van der Waals surface area contributed by atoms with Gasteiger partial charge in [0.25, 0.3) is 0 Å². The van der Waals surface area contributed by atoms with E-state index in [-0.39, 0.29) is 24.0 Å². The molecule has 2 saturated heterocycles. The molecule has 0 unspecified atom stereocenters. The molecule has 2 aliphatic rings. The second-order valence-electron chi connectivity index (χ2n) is 7.87. The molecule has 0 aromatic carbocycles. The second kappa shape index (κ2) is 12.7. The number of nitrogens with zero attached hydrogens (tertiary/aromatic N) is 8. The smallest absolute Gasteiger partial charge is 0.225 e. The quantitative estimate of drug-likeness (QED) is 0.250. The minimum Gasteiger partial charge on any atom is -0.356 e. The number of pyridine rings is 1. The third kappa shape index (κ3) is 6.64. The molecule has 0 aliphatic carbocycles. The van der Waals surface area contributed by atoms with Crippen LogP contribution in [0.5, 0.6) is 0 Å². The van der Waals surface area contributed by atoms with Gasteiger partial charge in [0, 0.05) is 84.5 Å². The summed E-state index contributed by atoms with van der Waals surface area (Å²) in [6.45, 7) is 9.97. The third-order valence-electron chi connectivity index (χ3n) is 5.91. The minimum absolute atomic E-state index is 0. The van der Waals surface area contributed by atoms with Crippen LogP contribution >= 0.6 is 24.0 Å². The van der Waals surface area contributed by atoms with Gasteiger partial charge < -0.3 is 20.0 Å². The van der Waals surface area contributed by atoms with Crippen molar-refractivity contribution in [2.45, 2.75) is 6.42 Å². The number of halogens is 1. The van der Waals surface area contributed by atoms with Crippen molar-refractivity contribution in [3.05, 3.63) is 42.9 Å². The number of guanidine groups is 1. The van der Waals surface area contributed by atoms with Gasteiger partial charge in [-0.1, -0.05) is 6.07 Å². The van der Waals surface area contributed by atoms with Crippen LogP contribution in [0.25, 0.3) is 0 Å².